The van der Waals surface area contributed by atoms with E-state index in [4.69, 9.17) is 11.6 Å². The monoisotopic (exact) mass is 449 g/mol. The maximum Gasteiger partial charge on any atom is 0.240 e. The zero-order valence-electron chi connectivity index (χ0n) is 15.5. The Labute approximate surface area is 170 Å². The number of halogens is 1. The first-order valence-corrected chi connectivity index (χ1v) is 12.8. The van der Waals surface area contributed by atoms with Gasteiger partial charge in [-0.1, -0.05) is 17.7 Å². The maximum absolute atomic E-state index is 12.2. The highest BCUT2D eigenvalue weighted by Crippen LogP contribution is 2.37. The quantitative estimate of drug-likeness (QED) is 0.646. The Kier molecular flexibility index (Phi) is 6.35. The summed E-state index contributed by atoms with van der Waals surface area (Å²) in [6, 6.07) is 5.67. The van der Waals surface area contributed by atoms with Gasteiger partial charge in [0.05, 0.1) is 11.2 Å². The standard InChI is InChI=1S/C17H24ClN3O5S2/c1-27(23,24)21-14-5-6-15(21)11-13(10-14)20-17(22)7-8-19-28(25,26)16-4-2-3-12(18)9-16/h2-4,9,13-15,19H,5-8,10-11H2,1H3,(H,20,22). The molecule has 156 valence electrons. The van der Waals surface area contributed by atoms with Gasteiger partial charge in [0.15, 0.2) is 0 Å². The van der Waals surface area contributed by atoms with Crippen molar-refractivity contribution in [3.8, 4) is 0 Å². The lowest BCUT2D eigenvalue weighted by atomic mass is 9.99. The summed E-state index contributed by atoms with van der Waals surface area (Å²) < 4.78 is 52.2. The minimum absolute atomic E-state index is 0.00141. The summed E-state index contributed by atoms with van der Waals surface area (Å²) >= 11 is 5.81. The first-order valence-electron chi connectivity index (χ1n) is 9.09. The molecule has 1 aromatic rings. The number of nitrogens with one attached hydrogen (secondary N) is 2. The van der Waals surface area contributed by atoms with Crippen LogP contribution in [0.25, 0.3) is 0 Å². The van der Waals surface area contributed by atoms with E-state index >= 15 is 0 Å². The molecule has 2 aliphatic rings. The molecule has 2 aliphatic heterocycles. The van der Waals surface area contributed by atoms with E-state index in [9.17, 15) is 21.6 Å². The second kappa shape index (κ2) is 8.27. The topological polar surface area (TPSA) is 113 Å². The molecule has 2 fully saturated rings. The van der Waals surface area contributed by atoms with Crippen molar-refractivity contribution in [3.63, 3.8) is 0 Å². The molecule has 3 rings (SSSR count). The van der Waals surface area contributed by atoms with E-state index in [1.54, 1.807) is 16.4 Å². The molecule has 2 N–H and O–H groups in total. The lowest BCUT2D eigenvalue weighted by Crippen LogP contribution is -2.52. The van der Waals surface area contributed by atoms with E-state index < -0.39 is 20.0 Å². The Morgan fingerprint density at radius 2 is 1.82 bits per heavy atom. The number of hydrogen-bond acceptors (Lipinski definition) is 5. The van der Waals surface area contributed by atoms with Gasteiger partial charge in [0.1, 0.15) is 0 Å². The molecule has 0 radical (unpaired) electrons. The average Bonchev–Trinajstić information content (AvgIpc) is 2.87. The third-order valence-corrected chi connectivity index (χ3v) is 8.22. The van der Waals surface area contributed by atoms with Crippen molar-refractivity contribution in [2.45, 2.75) is 55.1 Å². The third kappa shape index (κ3) is 5.04. The van der Waals surface area contributed by atoms with Crippen LogP contribution in [0.2, 0.25) is 5.02 Å². The Morgan fingerprint density at radius 3 is 2.39 bits per heavy atom. The molecule has 2 atom stereocenters. The average molecular weight is 450 g/mol. The van der Waals surface area contributed by atoms with Crippen molar-refractivity contribution in [3.05, 3.63) is 29.3 Å². The van der Waals surface area contributed by atoms with Gasteiger partial charge in [-0.05, 0) is 43.9 Å². The normalized spacial score (nSPS) is 25.6. The maximum atomic E-state index is 12.2. The number of nitrogens with zero attached hydrogens (tertiary/aromatic N) is 1. The zero-order valence-corrected chi connectivity index (χ0v) is 17.9. The number of carbonyl (C=O) groups excluding carboxylic acids is 1. The first-order chi connectivity index (χ1) is 13.1. The fourth-order valence-corrected chi connectivity index (χ4v) is 6.91. The van der Waals surface area contributed by atoms with Crippen molar-refractivity contribution in [2.24, 2.45) is 0 Å². The summed E-state index contributed by atoms with van der Waals surface area (Å²) in [5, 5.41) is 3.23. The van der Waals surface area contributed by atoms with Gasteiger partial charge in [0.25, 0.3) is 0 Å². The number of rotatable bonds is 7. The molecule has 8 nitrogen and oxygen atoms in total. The number of fused-ring (bicyclic) bond motifs is 2. The SMILES string of the molecule is CS(=O)(=O)N1C2CCC1CC(NC(=O)CCNS(=O)(=O)c1cccc(Cl)c1)C2. The second-order valence-corrected chi connectivity index (χ2v) is 11.4. The van der Waals surface area contributed by atoms with Crippen molar-refractivity contribution in [1.29, 1.82) is 0 Å². The van der Waals surface area contributed by atoms with Crippen LogP contribution in [-0.2, 0) is 24.8 Å². The van der Waals surface area contributed by atoms with Crippen LogP contribution in [0.5, 0.6) is 0 Å². The van der Waals surface area contributed by atoms with Crippen LogP contribution in [0.15, 0.2) is 29.2 Å². The van der Waals surface area contributed by atoms with Crippen LogP contribution in [-0.4, -0.2) is 58.0 Å². The molecule has 2 saturated heterocycles. The highest BCUT2D eigenvalue weighted by atomic mass is 35.5. The lowest BCUT2D eigenvalue weighted by molar-refractivity contribution is -0.122. The Morgan fingerprint density at radius 1 is 1.18 bits per heavy atom. The molecule has 0 aromatic heterocycles. The minimum Gasteiger partial charge on any atom is -0.353 e. The van der Waals surface area contributed by atoms with Gasteiger partial charge in [-0.25, -0.2) is 21.6 Å². The van der Waals surface area contributed by atoms with Gasteiger partial charge in [-0.15, -0.1) is 0 Å². The van der Waals surface area contributed by atoms with Crippen molar-refractivity contribution < 1.29 is 21.6 Å². The summed E-state index contributed by atoms with van der Waals surface area (Å²) in [7, 11) is -6.97. The summed E-state index contributed by atoms with van der Waals surface area (Å²) in [4.78, 5) is 12.2. The van der Waals surface area contributed by atoms with Gasteiger partial charge in [0, 0.05) is 36.1 Å². The molecule has 1 amide bonds. The molecular weight excluding hydrogens is 426 g/mol. The number of piperidine rings is 1. The highest BCUT2D eigenvalue weighted by molar-refractivity contribution is 7.89. The van der Waals surface area contributed by atoms with E-state index in [0.29, 0.717) is 17.9 Å². The Balaban J connectivity index is 1.48. The van der Waals surface area contributed by atoms with E-state index in [2.05, 4.69) is 10.0 Å². The van der Waals surface area contributed by atoms with Crippen LogP contribution in [0.3, 0.4) is 0 Å². The van der Waals surface area contributed by atoms with Crippen LogP contribution >= 0.6 is 11.6 Å². The van der Waals surface area contributed by atoms with Crippen molar-refractivity contribution in [1.82, 2.24) is 14.3 Å². The van der Waals surface area contributed by atoms with E-state index in [-0.39, 0.29) is 41.9 Å². The highest BCUT2D eigenvalue weighted by Gasteiger charge is 2.45. The zero-order chi connectivity index (χ0) is 20.5. The molecule has 0 aliphatic carbocycles. The van der Waals surface area contributed by atoms with Gasteiger partial charge in [-0.2, -0.15) is 4.31 Å². The van der Waals surface area contributed by atoms with Crippen LogP contribution in [0.4, 0.5) is 0 Å². The summed E-state index contributed by atoms with van der Waals surface area (Å²) in [5.74, 6) is -0.258. The molecule has 2 heterocycles. The summed E-state index contributed by atoms with van der Waals surface area (Å²) in [6.07, 6.45) is 4.02. The molecule has 2 bridgehead atoms. The van der Waals surface area contributed by atoms with E-state index in [1.807, 2.05) is 0 Å². The predicted molar refractivity (Wildman–Crippen MR) is 106 cm³/mol. The fraction of sp³-hybridized carbons (Fsp3) is 0.588. The van der Waals surface area contributed by atoms with Crippen LogP contribution in [0.1, 0.15) is 32.1 Å². The molecule has 11 heteroatoms. The molecule has 28 heavy (non-hydrogen) atoms. The fourth-order valence-electron chi connectivity index (χ4n) is 4.11. The van der Waals surface area contributed by atoms with Gasteiger partial charge in [-0.3, -0.25) is 4.79 Å². The van der Waals surface area contributed by atoms with Crippen LogP contribution < -0.4 is 10.0 Å². The van der Waals surface area contributed by atoms with Gasteiger partial charge in [0.2, 0.25) is 26.0 Å². The summed E-state index contributed by atoms with van der Waals surface area (Å²) in [5.41, 5.74) is 0. The molecule has 1 aromatic carbocycles. The van der Waals surface area contributed by atoms with E-state index in [1.165, 1.54) is 18.4 Å². The molecular formula is C17H24ClN3O5S2. The van der Waals surface area contributed by atoms with Crippen molar-refractivity contribution >= 4 is 37.6 Å². The number of benzene rings is 1. The second-order valence-electron chi connectivity index (χ2n) is 7.32. The summed E-state index contributed by atoms with van der Waals surface area (Å²) in [6.45, 7) is -0.0320. The lowest BCUT2D eigenvalue weighted by Gasteiger charge is -2.37. The molecule has 0 spiro atoms. The number of amides is 1. The van der Waals surface area contributed by atoms with E-state index in [0.717, 1.165) is 12.8 Å². The third-order valence-electron chi connectivity index (χ3n) is 5.16. The van der Waals surface area contributed by atoms with Crippen molar-refractivity contribution in [2.75, 3.05) is 12.8 Å². The predicted octanol–water partition coefficient (Wildman–Crippen LogP) is 1.08. The van der Waals surface area contributed by atoms with Gasteiger partial charge < -0.3 is 5.32 Å². The molecule has 2 unspecified atom stereocenters. The minimum atomic E-state index is -3.73. The number of sulfonamides is 2. The largest absolute Gasteiger partial charge is 0.353 e. The van der Waals surface area contributed by atoms with Crippen LogP contribution in [0, 0.1) is 0 Å². The Bertz CT molecular complexity index is 937. The first kappa shape index (κ1) is 21.5. The molecule has 0 saturated carbocycles. The smallest absolute Gasteiger partial charge is 0.240 e. The Hall–Kier alpha value is -1.20. The van der Waals surface area contributed by atoms with Gasteiger partial charge >= 0.3 is 0 Å². The number of hydrogen-bond donors (Lipinski definition) is 2. The number of carbonyl (C=O) groups is 1.